The topological polar surface area (TPSA) is 86.8 Å². The number of thiocarbonyl (C=S) groups is 1. The van der Waals surface area contributed by atoms with E-state index < -0.39 is 23.6 Å². The lowest BCUT2D eigenvalue weighted by molar-refractivity contribution is -0.125. The molecule has 1 saturated heterocycles. The Morgan fingerprint density at radius 2 is 1.77 bits per heavy atom. The maximum atomic E-state index is 13.1. The quantitative estimate of drug-likeness (QED) is 0.507. The fourth-order valence-corrected chi connectivity index (χ4v) is 4.94. The maximum absolute atomic E-state index is 13.1. The van der Waals surface area contributed by atoms with Crippen LogP contribution in [0.3, 0.4) is 0 Å². The van der Waals surface area contributed by atoms with Gasteiger partial charge in [-0.1, -0.05) is 53.2 Å². The first-order chi connectivity index (χ1) is 14.7. The summed E-state index contributed by atoms with van der Waals surface area (Å²) in [5.74, 6) is -2.46. The summed E-state index contributed by atoms with van der Waals surface area (Å²) in [6.45, 7) is 1.26. The molecule has 0 saturated carbocycles. The normalized spacial score (nSPS) is 18.0. The van der Waals surface area contributed by atoms with E-state index in [9.17, 15) is 19.2 Å². The Balaban J connectivity index is 1.70. The van der Waals surface area contributed by atoms with Crippen molar-refractivity contribution in [2.24, 2.45) is 0 Å². The molecule has 1 N–H and O–H groups in total. The number of rotatable bonds is 2. The molecule has 0 spiro atoms. The van der Waals surface area contributed by atoms with E-state index in [4.69, 9.17) is 35.4 Å². The lowest BCUT2D eigenvalue weighted by atomic mass is 10.1. The molecule has 0 aromatic heterocycles. The highest BCUT2D eigenvalue weighted by molar-refractivity contribution is 8.26. The molecule has 0 aliphatic carbocycles. The molecule has 0 atom stereocenters. The van der Waals surface area contributed by atoms with Crippen molar-refractivity contribution < 1.29 is 19.2 Å². The molecule has 2 heterocycles. The summed E-state index contributed by atoms with van der Waals surface area (Å²) in [7, 11) is 0. The van der Waals surface area contributed by atoms with Crippen LogP contribution in [0.4, 0.5) is 5.69 Å². The van der Waals surface area contributed by atoms with Crippen LogP contribution in [0.1, 0.15) is 22.8 Å². The second-order valence-electron chi connectivity index (χ2n) is 6.45. The molecule has 4 rings (SSSR count). The number of benzene rings is 2. The molecule has 2 aromatic rings. The van der Waals surface area contributed by atoms with Gasteiger partial charge < -0.3 is 0 Å². The van der Waals surface area contributed by atoms with Crippen molar-refractivity contribution in [2.45, 2.75) is 6.92 Å². The van der Waals surface area contributed by atoms with Gasteiger partial charge in [0.25, 0.3) is 17.7 Å². The van der Waals surface area contributed by atoms with Crippen LogP contribution in [-0.2, 0) is 14.4 Å². The first-order valence-electron chi connectivity index (χ1n) is 8.71. The number of para-hydroxylation sites is 1. The van der Waals surface area contributed by atoms with Gasteiger partial charge in [0.15, 0.2) is 4.32 Å². The van der Waals surface area contributed by atoms with Gasteiger partial charge in [-0.15, -0.1) is 0 Å². The number of anilines is 1. The highest BCUT2D eigenvalue weighted by Crippen LogP contribution is 2.44. The van der Waals surface area contributed by atoms with E-state index in [0.717, 1.165) is 21.7 Å². The van der Waals surface area contributed by atoms with E-state index in [0.29, 0.717) is 16.3 Å². The Hall–Kier alpha value is -2.72. The van der Waals surface area contributed by atoms with Crippen molar-refractivity contribution in [1.29, 1.82) is 0 Å². The molecular formula is C20H11Cl2N3O4S2. The second kappa shape index (κ2) is 8.08. The number of carbonyl (C=O) groups excluding carboxylic acids is 4. The number of fused-ring (bicyclic) bond motifs is 1. The average Bonchev–Trinajstić information content (AvgIpc) is 3.15. The molecule has 0 radical (unpaired) electrons. The standard InChI is InChI=1S/C20H11Cl2N3O4S2/c1-9(26)24-14-5-3-2-4-12(14)15(18(24)28)16-19(29)25(20(30)31-16)23-17(27)11-7-6-10(21)8-13(11)22/h2-8H,1H3,(H,23,27). The minimum absolute atomic E-state index is 0.0219. The summed E-state index contributed by atoms with van der Waals surface area (Å²) in [6, 6.07) is 10.9. The van der Waals surface area contributed by atoms with E-state index in [-0.39, 0.29) is 25.4 Å². The van der Waals surface area contributed by atoms with Crippen LogP contribution in [0.15, 0.2) is 47.4 Å². The lowest BCUT2D eigenvalue weighted by Gasteiger charge is -2.16. The molecule has 1 fully saturated rings. The Morgan fingerprint density at radius 3 is 2.45 bits per heavy atom. The van der Waals surface area contributed by atoms with Gasteiger partial charge in [0.1, 0.15) is 0 Å². The second-order valence-corrected chi connectivity index (χ2v) is 8.94. The average molecular weight is 492 g/mol. The zero-order chi connectivity index (χ0) is 22.4. The summed E-state index contributed by atoms with van der Waals surface area (Å²) in [6.07, 6.45) is 0. The Morgan fingerprint density at radius 1 is 1.06 bits per heavy atom. The van der Waals surface area contributed by atoms with E-state index >= 15 is 0 Å². The number of halogens is 2. The summed E-state index contributed by atoms with van der Waals surface area (Å²) in [4.78, 5) is 51.7. The molecule has 0 bridgehead atoms. The fraction of sp³-hybridized carbons (Fsp3) is 0.0500. The molecule has 4 amide bonds. The third-order valence-corrected chi connectivity index (χ3v) is 6.45. The molecular weight excluding hydrogens is 481 g/mol. The third-order valence-electron chi connectivity index (χ3n) is 4.53. The Labute approximate surface area is 195 Å². The number of hydrogen-bond acceptors (Lipinski definition) is 6. The van der Waals surface area contributed by atoms with Crippen molar-refractivity contribution in [3.8, 4) is 0 Å². The van der Waals surface area contributed by atoms with Gasteiger partial charge in [0, 0.05) is 17.5 Å². The van der Waals surface area contributed by atoms with Crippen LogP contribution >= 0.6 is 47.2 Å². The minimum atomic E-state index is -0.683. The van der Waals surface area contributed by atoms with Crippen molar-refractivity contribution in [3.63, 3.8) is 0 Å². The van der Waals surface area contributed by atoms with Gasteiger partial charge >= 0.3 is 0 Å². The van der Waals surface area contributed by atoms with E-state index in [1.54, 1.807) is 24.3 Å². The molecule has 7 nitrogen and oxygen atoms in total. The predicted molar refractivity (Wildman–Crippen MR) is 122 cm³/mol. The Bertz CT molecular complexity index is 1240. The van der Waals surface area contributed by atoms with Crippen molar-refractivity contribution >= 4 is 86.4 Å². The SMILES string of the molecule is CC(=O)N1C(=O)C(=C2SC(=S)N(NC(=O)c3ccc(Cl)cc3Cl)C2=O)c2ccccc21. The number of nitrogens with zero attached hydrogens (tertiary/aromatic N) is 2. The van der Waals surface area contributed by atoms with Crippen LogP contribution in [0.2, 0.25) is 10.0 Å². The van der Waals surface area contributed by atoms with Crippen LogP contribution in [0.5, 0.6) is 0 Å². The number of imide groups is 1. The number of hydrazine groups is 1. The summed E-state index contributed by atoms with van der Waals surface area (Å²) >= 11 is 18.0. The first-order valence-corrected chi connectivity index (χ1v) is 10.7. The highest BCUT2D eigenvalue weighted by Gasteiger charge is 2.43. The van der Waals surface area contributed by atoms with Crippen molar-refractivity contribution in [3.05, 3.63) is 68.5 Å². The zero-order valence-electron chi connectivity index (χ0n) is 15.6. The van der Waals surface area contributed by atoms with Crippen LogP contribution < -0.4 is 10.3 Å². The molecule has 0 unspecified atom stereocenters. The fourth-order valence-electron chi connectivity index (χ4n) is 3.20. The predicted octanol–water partition coefficient (Wildman–Crippen LogP) is 3.80. The number of hydrogen-bond donors (Lipinski definition) is 1. The zero-order valence-corrected chi connectivity index (χ0v) is 18.8. The summed E-state index contributed by atoms with van der Waals surface area (Å²) < 4.78 is 0.0255. The van der Waals surface area contributed by atoms with E-state index in [1.165, 1.54) is 25.1 Å². The first kappa shape index (κ1) is 21.5. The van der Waals surface area contributed by atoms with Gasteiger partial charge in [-0.3, -0.25) is 24.6 Å². The number of amides is 4. The summed E-state index contributed by atoms with van der Waals surface area (Å²) in [5.41, 5.74) is 3.39. The number of thioether (sulfide) groups is 1. The molecule has 31 heavy (non-hydrogen) atoms. The molecule has 2 aliphatic heterocycles. The monoisotopic (exact) mass is 491 g/mol. The smallest absolute Gasteiger partial charge is 0.274 e. The number of nitrogens with one attached hydrogen (secondary N) is 1. The van der Waals surface area contributed by atoms with Crippen LogP contribution in [-0.4, -0.2) is 33.0 Å². The summed E-state index contributed by atoms with van der Waals surface area (Å²) in [5, 5.41) is 1.33. The van der Waals surface area contributed by atoms with Gasteiger partial charge in [-0.25, -0.2) is 4.90 Å². The van der Waals surface area contributed by atoms with Crippen molar-refractivity contribution in [2.75, 3.05) is 4.90 Å². The van der Waals surface area contributed by atoms with Gasteiger partial charge in [0.05, 0.1) is 26.8 Å². The molecule has 2 aliphatic rings. The minimum Gasteiger partial charge on any atom is -0.274 e. The van der Waals surface area contributed by atoms with Crippen LogP contribution in [0, 0.1) is 0 Å². The van der Waals surface area contributed by atoms with Crippen molar-refractivity contribution in [1.82, 2.24) is 10.4 Å². The van der Waals surface area contributed by atoms with E-state index in [2.05, 4.69) is 5.43 Å². The lowest BCUT2D eigenvalue weighted by Crippen LogP contribution is -2.45. The van der Waals surface area contributed by atoms with Gasteiger partial charge in [0.2, 0.25) is 5.91 Å². The van der Waals surface area contributed by atoms with E-state index in [1.807, 2.05) is 0 Å². The van der Waals surface area contributed by atoms with Crippen LogP contribution in [0.25, 0.3) is 5.57 Å². The maximum Gasteiger partial charge on any atom is 0.286 e. The molecule has 156 valence electrons. The Kier molecular flexibility index (Phi) is 5.61. The molecule has 11 heteroatoms. The van der Waals surface area contributed by atoms with Gasteiger partial charge in [-0.2, -0.15) is 5.01 Å². The highest BCUT2D eigenvalue weighted by atomic mass is 35.5. The number of carbonyl (C=O) groups is 4. The third kappa shape index (κ3) is 3.63. The molecule has 2 aromatic carbocycles. The largest absolute Gasteiger partial charge is 0.286 e. The van der Waals surface area contributed by atoms with Gasteiger partial charge in [-0.05, 0) is 36.5 Å².